The molecular weight excluding hydrogens is 352 g/mol. The van der Waals surface area contributed by atoms with Gasteiger partial charge in [0, 0.05) is 11.6 Å². The lowest BCUT2D eigenvalue weighted by Crippen LogP contribution is -2.32. The Labute approximate surface area is 154 Å². The number of benzene rings is 2. The number of carbonyl (C=O) groups excluding carboxylic acids is 1. The van der Waals surface area contributed by atoms with Crippen LogP contribution in [-0.4, -0.2) is 27.5 Å². The number of anilines is 1. The minimum atomic E-state index is -3.59. The Hall–Kier alpha value is -2.38. The van der Waals surface area contributed by atoms with E-state index in [1.165, 1.54) is 31.4 Å². The maximum Gasteiger partial charge on any atom is 0.255 e. The van der Waals surface area contributed by atoms with E-state index in [4.69, 9.17) is 4.74 Å². The van der Waals surface area contributed by atoms with Crippen molar-refractivity contribution >= 4 is 21.6 Å². The minimum Gasteiger partial charge on any atom is -0.495 e. The molecule has 2 rings (SSSR count). The van der Waals surface area contributed by atoms with Crippen LogP contribution in [0.4, 0.5) is 5.69 Å². The van der Waals surface area contributed by atoms with Gasteiger partial charge in [-0.25, -0.2) is 13.1 Å². The topological polar surface area (TPSA) is 84.5 Å². The summed E-state index contributed by atoms with van der Waals surface area (Å²) in [5.41, 5.74) is 1.90. The van der Waals surface area contributed by atoms with Gasteiger partial charge in [-0.15, -0.1) is 0 Å². The summed E-state index contributed by atoms with van der Waals surface area (Å²) >= 11 is 0. The standard InChI is InChI=1S/C19H24N2O4S/c1-5-14(3)21-26(23,24)16-9-7-15(8-10-16)19(22)20-17-12-13(2)6-11-18(17)25-4/h6-12,14,21H,5H2,1-4H3,(H,20,22). The second-order valence-electron chi connectivity index (χ2n) is 6.11. The molecular formula is C19H24N2O4S. The first kappa shape index (κ1) is 19.9. The zero-order valence-electron chi connectivity index (χ0n) is 15.4. The molecule has 0 saturated carbocycles. The van der Waals surface area contributed by atoms with Gasteiger partial charge in [0.1, 0.15) is 5.75 Å². The van der Waals surface area contributed by atoms with Gasteiger partial charge in [-0.1, -0.05) is 13.0 Å². The van der Waals surface area contributed by atoms with E-state index in [9.17, 15) is 13.2 Å². The largest absolute Gasteiger partial charge is 0.495 e. The normalized spacial score (nSPS) is 12.5. The number of hydrogen-bond acceptors (Lipinski definition) is 4. The van der Waals surface area contributed by atoms with Crippen LogP contribution in [0.15, 0.2) is 47.4 Å². The number of carbonyl (C=O) groups is 1. The quantitative estimate of drug-likeness (QED) is 0.776. The summed E-state index contributed by atoms with van der Waals surface area (Å²) in [6, 6.07) is 11.1. The zero-order valence-corrected chi connectivity index (χ0v) is 16.2. The van der Waals surface area contributed by atoms with Crippen molar-refractivity contribution in [3.8, 4) is 5.75 Å². The molecule has 0 aromatic heterocycles. The third kappa shape index (κ3) is 4.83. The van der Waals surface area contributed by atoms with Gasteiger partial charge >= 0.3 is 0 Å². The van der Waals surface area contributed by atoms with Gasteiger partial charge in [-0.2, -0.15) is 0 Å². The lowest BCUT2D eigenvalue weighted by Gasteiger charge is -2.13. The molecule has 0 radical (unpaired) electrons. The molecule has 0 saturated heterocycles. The van der Waals surface area contributed by atoms with Crippen molar-refractivity contribution < 1.29 is 17.9 Å². The molecule has 0 spiro atoms. The molecule has 26 heavy (non-hydrogen) atoms. The van der Waals surface area contributed by atoms with Crippen molar-refractivity contribution in [2.75, 3.05) is 12.4 Å². The molecule has 2 N–H and O–H groups in total. The Morgan fingerprint density at radius 1 is 1.15 bits per heavy atom. The summed E-state index contributed by atoms with van der Waals surface area (Å²) in [7, 11) is -2.06. The van der Waals surface area contributed by atoms with Crippen LogP contribution in [-0.2, 0) is 10.0 Å². The van der Waals surface area contributed by atoms with Gasteiger partial charge in [0.15, 0.2) is 0 Å². The fraction of sp³-hybridized carbons (Fsp3) is 0.316. The lowest BCUT2D eigenvalue weighted by molar-refractivity contribution is 0.102. The molecule has 0 fully saturated rings. The number of hydrogen-bond donors (Lipinski definition) is 2. The average molecular weight is 376 g/mol. The van der Waals surface area contributed by atoms with Crippen LogP contribution in [0.1, 0.15) is 36.2 Å². The fourth-order valence-corrected chi connectivity index (χ4v) is 3.64. The van der Waals surface area contributed by atoms with Crippen LogP contribution < -0.4 is 14.8 Å². The minimum absolute atomic E-state index is 0.127. The second kappa shape index (κ2) is 8.33. The van der Waals surface area contributed by atoms with Crippen molar-refractivity contribution in [1.82, 2.24) is 4.72 Å². The highest BCUT2D eigenvalue weighted by Crippen LogP contribution is 2.25. The molecule has 0 heterocycles. The maximum atomic E-state index is 12.4. The highest BCUT2D eigenvalue weighted by Gasteiger charge is 2.17. The monoisotopic (exact) mass is 376 g/mol. The van der Waals surface area contributed by atoms with E-state index in [-0.39, 0.29) is 16.8 Å². The molecule has 6 nitrogen and oxygen atoms in total. The molecule has 140 valence electrons. The van der Waals surface area contributed by atoms with E-state index in [0.29, 0.717) is 23.4 Å². The predicted octanol–water partition coefficient (Wildman–Crippen LogP) is 3.33. The lowest BCUT2D eigenvalue weighted by atomic mass is 10.1. The third-order valence-electron chi connectivity index (χ3n) is 4.00. The maximum absolute atomic E-state index is 12.4. The molecule has 2 aromatic rings. The first-order valence-electron chi connectivity index (χ1n) is 8.35. The smallest absolute Gasteiger partial charge is 0.255 e. The van der Waals surface area contributed by atoms with Gasteiger partial charge in [-0.05, 0) is 62.2 Å². The molecule has 7 heteroatoms. The SMILES string of the molecule is CCC(C)NS(=O)(=O)c1ccc(C(=O)Nc2cc(C)ccc2OC)cc1. The number of rotatable bonds is 7. The number of nitrogens with one attached hydrogen (secondary N) is 2. The van der Waals surface area contributed by atoms with Gasteiger partial charge in [-0.3, -0.25) is 4.79 Å². The summed E-state index contributed by atoms with van der Waals surface area (Å²) in [5.74, 6) is 0.216. The number of amides is 1. The summed E-state index contributed by atoms with van der Waals surface area (Å²) < 4.78 is 32.4. The van der Waals surface area contributed by atoms with E-state index >= 15 is 0 Å². The molecule has 1 unspecified atom stereocenters. The van der Waals surface area contributed by atoms with Crippen molar-refractivity contribution in [2.24, 2.45) is 0 Å². The molecule has 0 aliphatic carbocycles. The number of aryl methyl sites for hydroxylation is 1. The van der Waals surface area contributed by atoms with Crippen LogP contribution in [0.3, 0.4) is 0 Å². The van der Waals surface area contributed by atoms with Crippen LogP contribution >= 0.6 is 0 Å². The van der Waals surface area contributed by atoms with Crippen LogP contribution in [0.5, 0.6) is 5.75 Å². The Balaban J connectivity index is 2.18. The molecule has 1 amide bonds. The predicted molar refractivity (Wildman–Crippen MR) is 102 cm³/mol. The van der Waals surface area contributed by atoms with Crippen molar-refractivity contribution in [3.05, 3.63) is 53.6 Å². The summed E-state index contributed by atoms with van der Waals surface area (Å²) in [6.45, 7) is 5.62. The van der Waals surface area contributed by atoms with Crippen LogP contribution in [0, 0.1) is 6.92 Å². The van der Waals surface area contributed by atoms with Crippen LogP contribution in [0.2, 0.25) is 0 Å². The highest BCUT2D eigenvalue weighted by molar-refractivity contribution is 7.89. The highest BCUT2D eigenvalue weighted by atomic mass is 32.2. The Morgan fingerprint density at radius 3 is 2.38 bits per heavy atom. The third-order valence-corrected chi connectivity index (χ3v) is 5.60. The van der Waals surface area contributed by atoms with E-state index in [1.54, 1.807) is 13.0 Å². The molecule has 0 aliphatic heterocycles. The van der Waals surface area contributed by atoms with E-state index in [2.05, 4.69) is 10.0 Å². The van der Waals surface area contributed by atoms with Gasteiger partial charge in [0.05, 0.1) is 17.7 Å². The van der Waals surface area contributed by atoms with Crippen molar-refractivity contribution in [2.45, 2.75) is 38.1 Å². The van der Waals surface area contributed by atoms with Crippen molar-refractivity contribution in [3.63, 3.8) is 0 Å². The van der Waals surface area contributed by atoms with E-state index < -0.39 is 10.0 Å². The number of methoxy groups -OCH3 is 1. The Morgan fingerprint density at radius 2 is 1.81 bits per heavy atom. The number of sulfonamides is 1. The van der Waals surface area contributed by atoms with Gasteiger partial charge in [0.2, 0.25) is 10.0 Å². The first-order valence-corrected chi connectivity index (χ1v) is 9.83. The van der Waals surface area contributed by atoms with Gasteiger partial charge < -0.3 is 10.1 Å². The summed E-state index contributed by atoms with van der Waals surface area (Å²) in [6.07, 6.45) is 0.693. The molecule has 1 atom stereocenters. The van der Waals surface area contributed by atoms with E-state index in [1.807, 2.05) is 26.0 Å². The average Bonchev–Trinajstić information content (AvgIpc) is 2.61. The van der Waals surface area contributed by atoms with Crippen molar-refractivity contribution in [1.29, 1.82) is 0 Å². The summed E-state index contributed by atoms with van der Waals surface area (Å²) in [5, 5.41) is 2.79. The summed E-state index contributed by atoms with van der Waals surface area (Å²) in [4.78, 5) is 12.6. The van der Waals surface area contributed by atoms with Crippen LogP contribution in [0.25, 0.3) is 0 Å². The van der Waals surface area contributed by atoms with E-state index in [0.717, 1.165) is 5.56 Å². The first-order chi connectivity index (χ1) is 12.3. The Kier molecular flexibility index (Phi) is 6.39. The molecule has 0 aliphatic rings. The molecule has 2 aromatic carbocycles. The number of ether oxygens (including phenoxy) is 1. The second-order valence-corrected chi connectivity index (χ2v) is 7.83. The Bertz CT molecular complexity index is 877. The zero-order chi connectivity index (χ0) is 19.3. The fourth-order valence-electron chi connectivity index (χ4n) is 2.32. The van der Waals surface area contributed by atoms with Gasteiger partial charge in [0.25, 0.3) is 5.91 Å². The molecule has 0 bridgehead atoms.